The SMILES string of the molecule is Cc1cc(CNC(=O)c2cccc(C)c2O)no1. The molecule has 0 aliphatic carbocycles. The summed E-state index contributed by atoms with van der Waals surface area (Å²) in [7, 11) is 0. The molecule has 5 nitrogen and oxygen atoms in total. The van der Waals surface area contributed by atoms with Crippen molar-refractivity contribution in [2.75, 3.05) is 0 Å². The first kappa shape index (κ1) is 12.2. The van der Waals surface area contributed by atoms with E-state index < -0.39 is 0 Å². The summed E-state index contributed by atoms with van der Waals surface area (Å²) in [5, 5.41) is 16.2. The van der Waals surface area contributed by atoms with Crippen LogP contribution in [0.25, 0.3) is 0 Å². The number of rotatable bonds is 3. The van der Waals surface area contributed by atoms with E-state index in [0.717, 1.165) is 0 Å². The molecule has 0 radical (unpaired) electrons. The first-order valence-corrected chi connectivity index (χ1v) is 5.57. The fourth-order valence-corrected chi connectivity index (χ4v) is 1.61. The van der Waals surface area contributed by atoms with Crippen LogP contribution < -0.4 is 5.32 Å². The molecular formula is C13H14N2O3. The van der Waals surface area contributed by atoms with Crippen molar-refractivity contribution in [2.24, 2.45) is 0 Å². The highest BCUT2D eigenvalue weighted by Crippen LogP contribution is 2.21. The smallest absolute Gasteiger partial charge is 0.255 e. The van der Waals surface area contributed by atoms with E-state index in [0.29, 0.717) is 17.0 Å². The normalized spacial score (nSPS) is 10.3. The van der Waals surface area contributed by atoms with Gasteiger partial charge in [-0.05, 0) is 25.5 Å². The molecule has 2 N–H and O–H groups in total. The van der Waals surface area contributed by atoms with Crippen molar-refractivity contribution in [1.29, 1.82) is 0 Å². The number of hydrogen-bond acceptors (Lipinski definition) is 4. The summed E-state index contributed by atoms with van der Waals surface area (Å²) in [4.78, 5) is 11.9. The number of phenolic OH excluding ortho intramolecular Hbond substituents is 1. The van der Waals surface area contributed by atoms with E-state index in [9.17, 15) is 9.90 Å². The molecule has 1 aromatic heterocycles. The van der Waals surface area contributed by atoms with E-state index in [1.54, 1.807) is 38.1 Å². The zero-order valence-electron chi connectivity index (χ0n) is 10.2. The summed E-state index contributed by atoms with van der Waals surface area (Å²) in [6.45, 7) is 3.79. The molecule has 0 atom stereocenters. The second kappa shape index (κ2) is 4.91. The summed E-state index contributed by atoms with van der Waals surface area (Å²) >= 11 is 0. The number of nitrogens with zero attached hydrogens (tertiary/aromatic N) is 1. The molecule has 0 aliphatic heterocycles. The Bertz CT molecular complexity index is 575. The van der Waals surface area contributed by atoms with Crippen LogP contribution in [0, 0.1) is 13.8 Å². The van der Waals surface area contributed by atoms with Gasteiger partial charge in [0, 0.05) is 6.07 Å². The van der Waals surface area contributed by atoms with Gasteiger partial charge in [0.2, 0.25) is 0 Å². The first-order valence-electron chi connectivity index (χ1n) is 5.57. The number of hydrogen-bond donors (Lipinski definition) is 2. The minimum atomic E-state index is -0.336. The molecule has 1 heterocycles. The molecule has 1 aromatic carbocycles. The molecule has 18 heavy (non-hydrogen) atoms. The maximum absolute atomic E-state index is 11.9. The fourth-order valence-electron chi connectivity index (χ4n) is 1.61. The van der Waals surface area contributed by atoms with E-state index in [-0.39, 0.29) is 23.8 Å². The maximum atomic E-state index is 11.9. The average molecular weight is 246 g/mol. The van der Waals surface area contributed by atoms with Gasteiger partial charge >= 0.3 is 0 Å². The highest BCUT2D eigenvalue weighted by Gasteiger charge is 2.12. The van der Waals surface area contributed by atoms with Crippen molar-refractivity contribution in [3.05, 3.63) is 46.8 Å². The molecular weight excluding hydrogens is 232 g/mol. The van der Waals surface area contributed by atoms with Crippen molar-refractivity contribution in [2.45, 2.75) is 20.4 Å². The van der Waals surface area contributed by atoms with Gasteiger partial charge in [0.15, 0.2) is 0 Å². The van der Waals surface area contributed by atoms with E-state index in [2.05, 4.69) is 10.5 Å². The van der Waals surface area contributed by atoms with Crippen molar-refractivity contribution in [1.82, 2.24) is 10.5 Å². The largest absolute Gasteiger partial charge is 0.507 e. The lowest BCUT2D eigenvalue weighted by molar-refractivity contribution is 0.0947. The lowest BCUT2D eigenvalue weighted by Gasteiger charge is -2.06. The number of amides is 1. The molecule has 0 saturated heterocycles. The number of aromatic nitrogens is 1. The zero-order valence-corrected chi connectivity index (χ0v) is 10.2. The van der Waals surface area contributed by atoms with Crippen LogP contribution >= 0.6 is 0 Å². The lowest BCUT2D eigenvalue weighted by Crippen LogP contribution is -2.23. The molecule has 5 heteroatoms. The van der Waals surface area contributed by atoms with Crippen molar-refractivity contribution < 1.29 is 14.4 Å². The number of benzene rings is 1. The topological polar surface area (TPSA) is 75.4 Å². The Balaban J connectivity index is 2.06. The second-order valence-corrected chi connectivity index (χ2v) is 4.08. The molecule has 0 unspecified atom stereocenters. The number of phenols is 1. The summed E-state index contributed by atoms with van der Waals surface area (Å²) in [6, 6.07) is 6.79. The first-order chi connectivity index (χ1) is 8.58. The van der Waals surface area contributed by atoms with Gasteiger partial charge in [-0.1, -0.05) is 17.3 Å². The number of para-hydroxylation sites is 1. The van der Waals surface area contributed by atoms with Crippen LogP contribution in [0.4, 0.5) is 0 Å². The summed E-state index contributed by atoms with van der Waals surface area (Å²) < 4.78 is 4.89. The second-order valence-electron chi connectivity index (χ2n) is 4.08. The third-order valence-electron chi connectivity index (χ3n) is 2.59. The minimum absolute atomic E-state index is 0.00586. The van der Waals surface area contributed by atoms with Gasteiger partial charge in [0.25, 0.3) is 5.91 Å². The van der Waals surface area contributed by atoms with Gasteiger partial charge in [0.1, 0.15) is 17.2 Å². The van der Waals surface area contributed by atoms with Crippen LogP contribution in [0.1, 0.15) is 27.4 Å². The summed E-state index contributed by atoms with van der Waals surface area (Å²) in [5.74, 6) is 0.362. The Kier molecular flexibility index (Phi) is 3.32. The van der Waals surface area contributed by atoms with Gasteiger partial charge < -0.3 is 14.9 Å². The fraction of sp³-hybridized carbons (Fsp3) is 0.231. The van der Waals surface area contributed by atoms with Gasteiger partial charge in [-0.15, -0.1) is 0 Å². The van der Waals surface area contributed by atoms with Gasteiger partial charge in [-0.2, -0.15) is 0 Å². The van der Waals surface area contributed by atoms with Crippen LogP contribution in [0.3, 0.4) is 0 Å². The van der Waals surface area contributed by atoms with Crippen LogP contribution in [0.5, 0.6) is 5.75 Å². The zero-order chi connectivity index (χ0) is 13.1. The monoisotopic (exact) mass is 246 g/mol. The van der Waals surface area contributed by atoms with Crippen LogP contribution in [0.2, 0.25) is 0 Å². The Morgan fingerprint density at radius 1 is 1.44 bits per heavy atom. The summed E-state index contributed by atoms with van der Waals surface area (Å²) in [5.41, 5.74) is 1.57. The van der Waals surface area contributed by atoms with Crippen LogP contribution in [-0.4, -0.2) is 16.2 Å². The molecule has 94 valence electrons. The lowest BCUT2D eigenvalue weighted by atomic mass is 10.1. The maximum Gasteiger partial charge on any atom is 0.255 e. The van der Waals surface area contributed by atoms with Crippen molar-refractivity contribution in [3.63, 3.8) is 0 Å². The minimum Gasteiger partial charge on any atom is -0.507 e. The predicted octanol–water partition coefficient (Wildman–Crippen LogP) is 1.93. The number of carbonyl (C=O) groups is 1. The van der Waals surface area contributed by atoms with Crippen molar-refractivity contribution in [3.8, 4) is 5.75 Å². The molecule has 1 amide bonds. The number of aryl methyl sites for hydroxylation is 2. The average Bonchev–Trinajstić information content (AvgIpc) is 2.76. The third-order valence-corrected chi connectivity index (χ3v) is 2.59. The van der Waals surface area contributed by atoms with Gasteiger partial charge in [-0.25, -0.2) is 0 Å². The Morgan fingerprint density at radius 2 is 2.22 bits per heavy atom. The highest BCUT2D eigenvalue weighted by molar-refractivity contribution is 5.97. The third kappa shape index (κ3) is 2.51. The summed E-state index contributed by atoms with van der Waals surface area (Å²) in [6.07, 6.45) is 0. The van der Waals surface area contributed by atoms with E-state index in [1.807, 2.05) is 0 Å². The Hall–Kier alpha value is -2.30. The molecule has 2 rings (SSSR count). The van der Waals surface area contributed by atoms with Gasteiger partial charge in [0.05, 0.1) is 12.1 Å². The molecule has 0 spiro atoms. The number of aromatic hydroxyl groups is 1. The molecule has 0 saturated carbocycles. The van der Waals surface area contributed by atoms with Gasteiger partial charge in [-0.3, -0.25) is 4.79 Å². The van der Waals surface area contributed by atoms with Crippen molar-refractivity contribution >= 4 is 5.91 Å². The van der Waals surface area contributed by atoms with E-state index >= 15 is 0 Å². The predicted molar refractivity (Wildman–Crippen MR) is 65.3 cm³/mol. The quantitative estimate of drug-likeness (QED) is 0.867. The van der Waals surface area contributed by atoms with Crippen LogP contribution in [-0.2, 0) is 6.54 Å². The molecule has 0 aliphatic rings. The van der Waals surface area contributed by atoms with E-state index in [1.165, 1.54) is 0 Å². The number of nitrogens with one attached hydrogen (secondary N) is 1. The number of carbonyl (C=O) groups excluding carboxylic acids is 1. The highest BCUT2D eigenvalue weighted by atomic mass is 16.5. The molecule has 0 bridgehead atoms. The molecule has 2 aromatic rings. The standard InChI is InChI=1S/C13H14N2O3/c1-8-4-3-5-11(12(8)16)13(17)14-7-10-6-9(2)18-15-10/h3-6,16H,7H2,1-2H3,(H,14,17). The van der Waals surface area contributed by atoms with E-state index in [4.69, 9.17) is 4.52 Å². The Morgan fingerprint density at radius 3 is 2.89 bits per heavy atom. The Labute approximate surface area is 104 Å². The van der Waals surface area contributed by atoms with Crippen LogP contribution in [0.15, 0.2) is 28.8 Å². The molecule has 0 fully saturated rings.